The smallest absolute Gasteiger partial charge is 0.291 e. The van der Waals surface area contributed by atoms with Crippen LogP contribution in [0.3, 0.4) is 0 Å². The highest BCUT2D eigenvalue weighted by Gasteiger charge is 2.13. The maximum atomic E-state index is 8.36. The van der Waals surface area contributed by atoms with E-state index in [1.165, 1.54) is 0 Å². The van der Waals surface area contributed by atoms with Gasteiger partial charge in [-0.15, -0.1) is 21.9 Å². The third-order valence-corrected chi connectivity index (χ3v) is 6.02. The molecule has 0 radical (unpaired) electrons. The molecular weight excluding hydrogens is 485 g/mol. The predicted octanol–water partition coefficient (Wildman–Crippen LogP) is 6.01. The van der Waals surface area contributed by atoms with Crippen molar-refractivity contribution < 1.29 is 15.0 Å². The second-order valence-corrected chi connectivity index (χ2v) is 8.88. The number of nitrogens with zero attached hydrogens (tertiary/aromatic N) is 3. The molecule has 1 heterocycles. The van der Waals surface area contributed by atoms with Crippen LogP contribution in [0.15, 0.2) is 61.2 Å². The van der Waals surface area contributed by atoms with Crippen LogP contribution in [0.25, 0.3) is 0 Å². The van der Waals surface area contributed by atoms with Crippen LogP contribution in [0, 0.1) is 10.1 Å². The van der Waals surface area contributed by atoms with Gasteiger partial charge in [-0.2, -0.15) is 0 Å². The third kappa shape index (κ3) is 10.3. The van der Waals surface area contributed by atoms with Crippen molar-refractivity contribution in [1.82, 2.24) is 9.55 Å². The van der Waals surface area contributed by atoms with Gasteiger partial charge in [0.2, 0.25) is 0 Å². The van der Waals surface area contributed by atoms with Crippen molar-refractivity contribution in [3.05, 3.63) is 97.5 Å². The summed E-state index contributed by atoms with van der Waals surface area (Å²) in [6.45, 7) is 1.99. The highest BCUT2D eigenvalue weighted by atomic mass is 35.5. The predicted molar refractivity (Wildman–Crippen MR) is 124 cm³/mol. The normalized spacial score (nSPS) is 11.5. The lowest BCUT2D eigenvalue weighted by Crippen LogP contribution is -2.19. The summed E-state index contributed by atoms with van der Waals surface area (Å²) in [6, 6.07) is 13.3. The first kappa shape index (κ1) is 25.3. The number of rotatable bonds is 9. The molecule has 0 saturated heterocycles. The monoisotopic (exact) mass is 503 g/mol. The Morgan fingerprint density at radius 1 is 1.16 bits per heavy atom. The van der Waals surface area contributed by atoms with Crippen LogP contribution in [0.2, 0.25) is 15.1 Å². The topological polar surface area (TPSA) is 90.4 Å². The van der Waals surface area contributed by atoms with Crippen LogP contribution in [0.1, 0.15) is 11.1 Å². The van der Waals surface area contributed by atoms with Gasteiger partial charge in [-0.05, 0) is 35.4 Å². The van der Waals surface area contributed by atoms with Gasteiger partial charge in [-0.3, -0.25) is 0 Å². The number of ether oxygens (including phenoxy) is 1. The lowest BCUT2D eigenvalue weighted by molar-refractivity contribution is -0.742. The van der Waals surface area contributed by atoms with E-state index in [0.717, 1.165) is 28.4 Å². The highest BCUT2D eigenvalue weighted by Crippen LogP contribution is 2.27. The standard InChI is InChI=1S/C20H19Cl3N2OS.HNO3/c21-17-4-1-15(2-5-17)11-26-12-19(10-25-8-7-24-14-25)27-13-16-3-6-18(22)9-20(16)23;2-1(3)4/h1-9,14,19H,10-13H2;(H,2,3,4). The molecule has 2 aromatic carbocycles. The Morgan fingerprint density at radius 2 is 1.84 bits per heavy atom. The Kier molecular flexibility index (Phi) is 11.0. The Hall–Kier alpha value is -1.97. The molecule has 1 unspecified atom stereocenters. The third-order valence-electron chi connectivity index (χ3n) is 3.95. The molecule has 3 rings (SSSR count). The molecule has 3 aromatic rings. The van der Waals surface area contributed by atoms with Crippen LogP contribution in [-0.4, -0.2) is 31.7 Å². The summed E-state index contributed by atoms with van der Waals surface area (Å²) >= 11 is 20.0. The minimum absolute atomic E-state index is 0.262. The Labute approximate surface area is 199 Å². The van der Waals surface area contributed by atoms with Gasteiger partial charge >= 0.3 is 0 Å². The molecule has 0 aliphatic rings. The Morgan fingerprint density at radius 3 is 2.45 bits per heavy atom. The van der Waals surface area contributed by atoms with E-state index >= 15 is 0 Å². The molecule has 1 aromatic heterocycles. The number of benzene rings is 2. The van der Waals surface area contributed by atoms with Gasteiger partial charge in [0, 0.05) is 45.0 Å². The summed E-state index contributed by atoms with van der Waals surface area (Å²) in [5, 5.41) is 16.0. The highest BCUT2D eigenvalue weighted by molar-refractivity contribution is 7.99. The average Bonchev–Trinajstić information content (AvgIpc) is 3.21. The molecule has 166 valence electrons. The number of imidazole rings is 1. The van der Waals surface area contributed by atoms with Crippen molar-refractivity contribution in [2.75, 3.05) is 6.61 Å². The zero-order valence-corrected chi connectivity index (χ0v) is 19.3. The van der Waals surface area contributed by atoms with Gasteiger partial charge in [0.1, 0.15) is 0 Å². The maximum Gasteiger partial charge on any atom is 0.291 e. The van der Waals surface area contributed by atoms with Crippen LogP contribution in [0.5, 0.6) is 0 Å². The Bertz CT molecular complexity index is 939. The summed E-state index contributed by atoms with van der Waals surface area (Å²) in [5.41, 5.74) is 2.17. The minimum atomic E-state index is -1.50. The van der Waals surface area contributed by atoms with Gasteiger partial charge < -0.3 is 14.5 Å². The molecule has 0 spiro atoms. The fourth-order valence-electron chi connectivity index (χ4n) is 2.52. The molecule has 31 heavy (non-hydrogen) atoms. The van der Waals surface area contributed by atoms with E-state index in [1.54, 1.807) is 12.3 Å². The molecule has 11 heteroatoms. The Balaban J connectivity index is 0.000000785. The maximum absolute atomic E-state index is 8.36. The van der Waals surface area contributed by atoms with Gasteiger partial charge in [0.15, 0.2) is 0 Å². The average molecular weight is 505 g/mol. The zero-order valence-electron chi connectivity index (χ0n) is 16.2. The molecule has 0 aliphatic carbocycles. The van der Waals surface area contributed by atoms with Crippen LogP contribution in [-0.2, 0) is 23.6 Å². The molecular formula is C20H20Cl3N3O4S. The molecule has 0 saturated carbocycles. The largest absolute Gasteiger partial charge is 0.376 e. The van der Waals surface area contributed by atoms with E-state index in [0.29, 0.717) is 23.3 Å². The van der Waals surface area contributed by atoms with Crippen molar-refractivity contribution in [2.24, 2.45) is 0 Å². The second-order valence-electron chi connectivity index (χ2n) is 6.31. The summed E-state index contributed by atoms with van der Waals surface area (Å²) in [4.78, 5) is 12.5. The van der Waals surface area contributed by atoms with Gasteiger partial charge in [-0.1, -0.05) is 53.0 Å². The molecule has 0 fully saturated rings. The second kappa shape index (κ2) is 13.4. The summed E-state index contributed by atoms with van der Waals surface area (Å²) in [6.07, 6.45) is 5.57. The van der Waals surface area contributed by atoms with Crippen LogP contribution >= 0.6 is 46.6 Å². The molecule has 1 N–H and O–H groups in total. The van der Waals surface area contributed by atoms with E-state index < -0.39 is 5.09 Å². The van der Waals surface area contributed by atoms with E-state index in [-0.39, 0.29) is 5.25 Å². The van der Waals surface area contributed by atoms with Crippen LogP contribution in [0.4, 0.5) is 0 Å². The fraction of sp³-hybridized carbons (Fsp3) is 0.250. The van der Waals surface area contributed by atoms with Crippen molar-refractivity contribution in [3.8, 4) is 0 Å². The molecule has 7 nitrogen and oxygen atoms in total. The number of hydrogen-bond acceptors (Lipinski definition) is 5. The summed E-state index contributed by atoms with van der Waals surface area (Å²) in [7, 11) is 0. The number of thioether (sulfide) groups is 1. The van der Waals surface area contributed by atoms with E-state index in [9.17, 15) is 0 Å². The van der Waals surface area contributed by atoms with Crippen molar-refractivity contribution in [3.63, 3.8) is 0 Å². The van der Waals surface area contributed by atoms with E-state index in [4.69, 9.17) is 54.9 Å². The molecule has 0 bridgehead atoms. The summed E-state index contributed by atoms with van der Waals surface area (Å²) in [5.74, 6) is 0.791. The minimum Gasteiger partial charge on any atom is -0.376 e. The number of hydrogen-bond donors (Lipinski definition) is 1. The first-order valence-electron chi connectivity index (χ1n) is 9.00. The molecule has 0 aliphatic heterocycles. The van der Waals surface area contributed by atoms with Gasteiger partial charge in [0.25, 0.3) is 5.09 Å². The molecule has 0 amide bonds. The molecule has 1 atom stereocenters. The van der Waals surface area contributed by atoms with Crippen molar-refractivity contribution in [1.29, 1.82) is 0 Å². The quantitative estimate of drug-likeness (QED) is 0.283. The van der Waals surface area contributed by atoms with Gasteiger partial charge in [-0.25, -0.2) is 4.98 Å². The zero-order chi connectivity index (χ0) is 22.6. The van der Waals surface area contributed by atoms with Crippen molar-refractivity contribution in [2.45, 2.75) is 24.2 Å². The summed E-state index contributed by atoms with van der Waals surface area (Å²) < 4.78 is 8.02. The number of aromatic nitrogens is 2. The SMILES string of the molecule is Clc1ccc(COCC(Cn2ccnc2)SCc2ccc(Cl)cc2Cl)cc1.O=[N+]([O-])O. The van der Waals surface area contributed by atoms with E-state index in [1.807, 2.05) is 60.7 Å². The first-order chi connectivity index (χ1) is 14.8. The van der Waals surface area contributed by atoms with Gasteiger partial charge in [0.05, 0.1) is 19.5 Å². The van der Waals surface area contributed by atoms with Crippen molar-refractivity contribution >= 4 is 46.6 Å². The number of halogens is 3. The lowest BCUT2D eigenvalue weighted by Gasteiger charge is -2.18. The lowest BCUT2D eigenvalue weighted by atomic mass is 10.2. The fourth-order valence-corrected chi connectivity index (χ4v) is 4.34. The van der Waals surface area contributed by atoms with E-state index in [2.05, 4.69) is 9.55 Å². The van der Waals surface area contributed by atoms with Crippen LogP contribution < -0.4 is 0 Å². The first-order valence-corrected chi connectivity index (χ1v) is 11.2.